The Hall–Kier alpha value is -1.14. The maximum absolute atomic E-state index is 12.8. The topological polar surface area (TPSA) is 29.3 Å². The average molecular weight is 264 g/mol. The summed E-state index contributed by atoms with van der Waals surface area (Å²) in [6.07, 6.45) is -4.39. The molecule has 6 heteroatoms. The Morgan fingerprint density at radius 1 is 1.22 bits per heavy atom. The summed E-state index contributed by atoms with van der Waals surface area (Å²) >= 11 is 0. The van der Waals surface area contributed by atoms with Gasteiger partial charge in [0.05, 0.1) is 0 Å². The van der Waals surface area contributed by atoms with Crippen LogP contribution >= 0.6 is 0 Å². The molecule has 0 saturated heterocycles. The lowest BCUT2D eigenvalue weighted by Gasteiger charge is -2.32. The van der Waals surface area contributed by atoms with Gasteiger partial charge in [0.2, 0.25) is 0 Å². The number of rotatable bonds is 4. The highest BCUT2D eigenvalue weighted by molar-refractivity contribution is 5.16. The Labute approximate surface area is 103 Å². The zero-order chi connectivity index (χ0) is 13.9. The summed E-state index contributed by atoms with van der Waals surface area (Å²) in [7, 11) is 1.35. The zero-order valence-electron chi connectivity index (χ0n) is 10.2. The van der Waals surface area contributed by atoms with Gasteiger partial charge in [-0.05, 0) is 31.7 Å². The number of hydrogen-bond donors (Lipinski definition) is 1. The number of benzene rings is 1. The van der Waals surface area contributed by atoms with Crippen molar-refractivity contribution >= 4 is 0 Å². The molecule has 0 fully saturated rings. The van der Waals surface area contributed by atoms with E-state index in [2.05, 4.69) is 0 Å². The second kappa shape index (κ2) is 5.67. The molecule has 18 heavy (non-hydrogen) atoms. The van der Waals surface area contributed by atoms with Gasteiger partial charge in [0.1, 0.15) is 11.9 Å². The number of nitrogens with zero attached hydrogens (tertiary/aromatic N) is 1. The number of likely N-dealkylation sites (N-methyl/N-ethyl adjacent to an activating group) is 1. The van der Waals surface area contributed by atoms with Crippen LogP contribution in [0.5, 0.6) is 0 Å². The number of nitrogens with two attached hydrogens (primary N) is 1. The maximum Gasteiger partial charge on any atom is 0.405 e. The highest BCUT2D eigenvalue weighted by atomic mass is 19.4. The van der Waals surface area contributed by atoms with Crippen LogP contribution in [0.4, 0.5) is 17.6 Å². The van der Waals surface area contributed by atoms with E-state index in [0.29, 0.717) is 5.56 Å². The van der Waals surface area contributed by atoms with Crippen LogP contribution in [-0.4, -0.2) is 30.2 Å². The first-order valence-electron chi connectivity index (χ1n) is 5.49. The number of hydrogen-bond acceptors (Lipinski definition) is 2. The summed E-state index contributed by atoms with van der Waals surface area (Å²) in [4.78, 5) is 1.12. The largest absolute Gasteiger partial charge is 0.405 e. The average Bonchev–Trinajstić information content (AvgIpc) is 2.18. The second-order valence-corrected chi connectivity index (χ2v) is 4.39. The molecule has 0 spiro atoms. The van der Waals surface area contributed by atoms with Crippen molar-refractivity contribution < 1.29 is 17.6 Å². The first kappa shape index (κ1) is 14.9. The van der Waals surface area contributed by atoms with E-state index < -0.39 is 24.1 Å². The summed E-state index contributed by atoms with van der Waals surface area (Å²) in [5.74, 6) is -0.416. The molecule has 2 N–H and O–H groups in total. The highest BCUT2D eigenvalue weighted by Crippen LogP contribution is 2.26. The molecule has 1 rings (SSSR count). The maximum atomic E-state index is 12.8. The van der Waals surface area contributed by atoms with E-state index >= 15 is 0 Å². The molecule has 0 aliphatic carbocycles. The third-order valence-electron chi connectivity index (χ3n) is 2.65. The number of halogens is 4. The fraction of sp³-hybridized carbons (Fsp3) is 0.500. The molecule has 1 aromatic rings. The highest BCUT2D eigenvalue weighted by Gasteiger charge is 2.44. The van der Waals surface area contributed by atoms with Crippen molar-refractivity contribution in [1.29, 1.82) is 0 Å². The summed E-state index contributed by atoms with van der Waals surface area (Å²) in [6, 6.07) is 2.61. The van der Waals surface area contributed by atoms with Gasteiger partial charge in [0, 0.05) is 12.6 Å². The third-order valence-corrected chi connectivity index (χ3v) is 2.65. The van der Waals surface area contributed by atoms with Gasteiger partial charge in [-0.3, -0.25) is 4.90 Å². The predicted molar refractivity (Wildman–Crippen MR) is 61.4 cm³/mol. The van der Waals surface area contributed by atoms with Gasteiger partial charge in [-0.1, -0.05) is 12.1 Å². The van der Waals surface area contributed by atoms with Crippen molar-refractivity contribution in [3.05, 3.63) is 35.6 Å². The molecule has 0 bridgehead atoms. The van der Waals surface area contributed by atoms with Crippen LogP contribution in [0.15, 0.2) is 24.3 Å². The van der Waals surface area contributed by atoms with E-state index in [1.807, 2.05) is 0 Å². The summed E-state index contributed by atoms with van der Waals surface area (Å²) in [6.45, 7) is 1.38. The lowest BCUT2D eigenvalue weighted by Crippen LogP contribution is -2.53. The molecule has 0 radical (unpaired) electrons. The molecule has 2 nitrogen and oxygen atoms in total. The minimum atomic E-state index is -4.39. The first-order valence-corrected chi connectivity index (χ1v) is 5.49. The molecule has 2 atom stereocenters. The van der Waals surface area contributed by atoms with E-state index in [1.54, 1.807) is 0 Å². The van der Waals surface area contributed by atoms with E-state index in [4.69, 9.17) is 5.73 Å². The predicted octanol–water partition coefficient (Wildman–Crippen LogP) is 2.54. The molecule has 102 valence electrons. The van der Waals surface area contributed by atoms with Crippen molar-refractivity contribution in [3.63, 3.8) is 0 Å². The third kappa shape index (κ3) is 3.96. The van der Waals surface area contributed by atoms with Crippen LogP contribution in [0, 0.1) is 5.82 Å². The first-order chi connectivity index (χ1) is 8.21. The molecule has 0 aliphatic heterocycles. The van der Waals surface area contributed by atoms with Gasteiger partial charge in [0.15, 0.2) is 0 Å². The van der Waals surface area contributed by atoms with Crippen LogP contribution in [0.25, 0.3) is 0 Å². The minimum absolute atomic E-state index is 0.0615. The molecule has 0 saturated carbocycles. The number of alkyl halides is 3. The smallest absolute Gasteiger partial charge is 0.326 e. The van der Waals surface area contributed by atoms with Crippen molar-refractivity contribution in [3.8, 4) is 0 Å². The normalized spacial score (nSPS) is 15.8. The van der Waals surface area contributed by atoms with Crippen LogP contribution in [-0.2, 0) is 6.54 Å². The van der Waals surface area contributed by atoms with Crippen LogP contribution in [0.3, 0.4) is 0 Å². The summed E-state index contributed by atoms with van der Waals surface area (Å²) in [5.41, 5.74) is 5.99. The van der Waals surface area contributed by atoms with Crippen LogP contribution in [0.1, 0.15) is 12.5 Å². The Morgan fingerprint density at radius 3 is 2.11 bits per heavy atom. The zero-order valence-corrected chi connectivity index (χ0v) is 10.2. The van der Waals surface area contributed by atoms with Crippen molar-refractivity contribution in [1.82, 2.24) is 4.90 Å². The summed E-state index contributed by atoms with van der Waals surface area (Å²) < 4.78 is 51.1. The lowest BCUT2D eigenvalue weighted by atomic mass is 10.1. The van der Waals surface area contributed by atoms with Gasteiger partial charge in [-0.15, -0.1) is 0 Å². The molecule has 2 unspecified atom stereocenters. The van der Waals surface area contributed by atoms with E-state index in [-0.39, 0.29) is 6.54 Å². The van der Waals surface area contributed by atoms with E-state index in [9.17, 15) is 17.6 Å². The van der Waals surface area contributed by atoms with Crippen molar-refractivity contribution in [2.24, 2.45) is 5.73 Å². The minimum Gasteiger partial charge on any atom is -0.326 e. The second-order valence-electron chi connectivity index (χ2n) is 4.39. The molecule has 0 aliphatic rings. The SMILES string of the molecule is CC(N)C(N(C)Cc1ccc(F)cc1)C(F)(F)F. The molecular formula is C12H16F4N2. The van der Waals surface area contributed by atoms with Gasteiger partial charge < -0.3 is 5.73 Å². The standard InChI is InChI=1S/C12H16F4N2/c1-8(17)11(12(14,15)16)18(2)7-9-3-5-10(13)6-4-9/h3-6,8,11H,7,17H2,1-2H3. The van der Waals surface area contributed by atoms with Crippen molar-refractivity contribution in [2.45, 2.75) is 31.7 Å². The van der Waals surface area contributed by atoms with E-state index in [1.165, 1.54) is 38.2 Å². The van der Waals surface area contributed by atoms with Gasteiger partial charge >= 0.3 is 6.18 Å². The lowest BCUT2D eigenvalue weighted by molar-refractivity contribution is -0.186. The Morgan fingerprint density at radius 2 is 1.72 bits per heavy atom. The van der Waals surface area contributed by atoms with Crippen LogP contribution < -0.4 is 5.73 Å². The monoisotopic (exact) mass is 264 g/mol. The fourth-order valence-electron chi connectivity index (χ4n) is 1.93. The van der Waals surface area contributed by atoms with Crippen LogP contribution in [0.2, 0.25) is 0 Å². The fourth-order valence-corrected chi connectivity index (χ4v) is 1.93. The van der Waals surface area contributed by atoms with Gasteiger partial charge in [-0.2, -0.15) is 13.2 Å². The van der Waals surface area contributed by atoms with Gasteiger partial charge in [0.25, 0.3) is 0 Å². The Balaban J connectivity index is 2.79. The molecule has 1 aromatic carbocycles. The Bertz CT molecular complexity index is 373. The van der Waals surface area contributed by atoms with Crippen molar-refractivity contribution in [2.75, 3.05) is 7.05 Å². The molecule has 0 aromatic heterocycles. The molecule has 0 heterocycles. The van der Waals surface area contributed by atoms with E-state index in [0.717, 1.165) is 4.90 Å². The summed E-state index contributed by atoms with van der Waals surface area (Å²) in [5, 5.41) is 0. The Kier molecular flexibility index (Phi) is 4.70. The molecular weight excluding hydrogens is 248 g/mol. The molecule has 0 amide bonds. The quantitative estimate of drug-likeness (QED) is 0.847. The van der Waals surface area contributed by atoms with Gasteiger partial charge in [-0.25, -0.2) is 4.39 Å².